The average molecular weight is 279 g/mol. The Morgan fingerprint density at radius 2 is 2.14 bits per heavy atom. The van der Waals surface area contributed by atoms with Gasteiger partial charge in [0.2, 0.25) is 5.22 Å². The largest absolute Gasteiger partial charge is 0.438 e. The fourth-order valence-electron chi connectivity index (χ4n) is 1.53. The molecule has 14 heavy (non-hydrogen) atoms. The summed E-state index contributed by atoms with van der Waals surface area (Å²) in [5, 5.41) is 0.229. The van der Waals surface area contributed by atoms with Crippen LogP contribution in [0.3, 0.4) is 0 Å². The van der Waals surface area contributed by atoms with Gasteiger partial charge in [0.1, 0.15) is 0 Å². The third kappa shape index (κ3) is 1.81. The molecule has 1 saturated heterocycles. The maximum Gasteiger partial charge on any atom is 0.289 e. The SMILES string of the molecule is O=C(c1cc(Br)c(Cl)o1)N1CCCC1. The number of likely N-dealkylation sites (tertiary alicyclic amines) is 1. The number of carbonyl (C=O) groups excluding carboxylic acids is 1. The molecule has 5 heteroatoms. The monoisotopic (exact) mass is 277 g/mol. The molecule has 1 aliphatic heterocycles. The second-order valence-electron chi connectivity index (χ2n) is 3.23. The van der Waals surface area contributed by atoms with Crippen LogP contribution in [-0.2, 0) is 0 Å². The number of halogens is 2. The van der Waals surface area contributed by atoms with Crippen LogP contribution in [-0.4, -0.2) is 23.9 Å². The van der Waals surface area contributed by atoms with E-state index in [1.807, 2.05) is 0 Å². The zero-order valence-electron chi connectivity index (χ0n) is 7.43. The molecule has 0 unspecified atom stereocenters. The van der Waals surface area contributed by atoms with Crippen molar-refractivity contribution in [3.8, 4) is 0 Å². The maximum absolute atomic E-state index is 11.8. The van der Waals surface area contributed by atoms with Gasteiger partial charge in [0, 0.05) is 19.2 Å². The Hall–Kier alpha value is -0.480. The van der Waals surface area contributed by atoms with Gasteiger partial charge in [-0.15, -0.1) is 0 Å². The first-order valence-corrected chi connectivity index (χ1v) is 5.59. The Kier molecular flexibility index (Phi) is 2.83. The second kappa shape index (κ2) is 3.95. The summed E-state index contributed by atoms with van der Waals surface area (Å²) in [5.74, 6) is 0.235. The van der Waals surface area contributed by atoms with Crippen LogP contribution < -0.4 is 0 Å². The van der Waals surface area contributed by atoms with E-state index in [4.69, 9.17) is 16.0 Å². The molecule has 1 aromatic heterocycles. The van der Waals surface area contributed by atoms with Crippen LogP contribution in [0.1, 0.15) is 23.4 Å². The molecule has 0 N–H and O–H groups in total. The van der Waals surface area contributed by atoms with Crippen LogP contribution in [0, 0.1) is 0 Å². The number of rotatable bonds is 1. The van der Waals surface area contributed by atoms with Crippen LogP contribution >= 0.6 is 27.5 Å². The van der Waals surface area contributed by atoms with E-state index in [0.29, 0.717) is 10.2 Å². The summed E-state index contributed by atoms with van der Waals surface area (Å²) >= 11 is 8.89. The van der Waals surface area contributed by atoms with E-state index in [1.165, 1.54) is 0 Å². The Labute approximate surface area is 95.1 Å². The lowest BCUT2D eigenvalue weighted by Gasteiger charge is -2.12. The molecule has 1 fully saturated rings. The summed E-state index contributed by atoms with van der Waals surface area (Å²) in [5.41, 5.74) is 0. The Morgan fingerprint density at radius 1 is 1.50 bits per heavy atom. The lowest BCUT2D eigenvalue weighted by molar-refractivity contribution is 0.0761. The average Bonchev–Trinajstić information content (AvgIpc) is 2.76. The molecule has 1 amide bonds. The summed E-state index contributed by atoms with van der Waals surface area (Å²) in [6, 6.07) is 1.61. The molecule has 0 spiro atoms. The quantitative estimate of drug-likeness (QED) is 0.791. The summed E-state index contributed by atoms with van der Waals surface area (Å²) < 4.78 is 5.74. The molecule has 0 saturated carbocycles. The minimum Gasteiger partial charge on any atom is -0.438 e. The van der Waals surface area contributed by atoms with Crippen molar-refractivity contribution >= 4 is 33.4 Å². The van der Waals surface area contributed by atoms with E-state index in [0.717, 1.165) is 25.9 Å². The van der Waals surface area contributed by atoms with Gasteiger partial charge in [-0.1, -0.05) is 0 Å². The number of hydrogen-bond donors (Lipinski definition) is 0. The smallest absolute Gasteiger partial charge is 0.289 e. The minimum absolute atomic E-state index is 0.0740. The first-order chi connectivity index (χ1) is 6.68. The predicted molar refractivity (Wildman–Crippen MR) is 56.6 cm³/mol. The van der Waals surface area contributed by atoms with E-state index in [-0.39, 0.29) is 11.1 Å². The van der Waals surface area contributed by atoms with Gasteiger partial charge < -0.3 is 9.32 Å². The third-order valence-corrected chi connectivity index (χ3v) is 3.35. The van der Waals surface area contributed by atoms with Crippen molar-refractivity contribution in [2.24, 2.45) is 0 Å². The van der Waals surface area contributed by atoms with Crippen LogP contribution in [0.4, 0.5) is 0 Å². The van der Waals surface area contributed by atoms with Crippen LogP contribution in [0.5, 0.6) is 0 Å². The van der Waals surface area contributed by atoms with Crippen molar-refractivity contribution < 1.29 is 9.21 Å². The molecular weight excluding hydrogens is 269 g/mol. The van der Waals surface area contributed by atoms with E-state index >= 15 is 0 Å². The summed E-state index contributed by atoms with van der Waals surface area (Å²) in [7, 11) is 0. The van der Waals surface area contributed by atoms with Gasteiger partial charge in [0.05, 0.1) is 4.47 Å². The first kappa shape index (κ1) is 10.1. The summed E-state index contributed by atoms with van der Waals surface area (Å²) in [6.45, 7) is 1.63. The highest BCUT2D eigenvalue weighted by molar-refractivity contribution is 9.10. The fourth-order valence-corrected chi connectivity index (χ4v) is 1.95. The normalized spacial score (nSPS) is 16.3. The van der Waals surface area contributed by atoms with Gasteiger partial charge in [0.15, 0.2) is 5.76 Å². The Bertz CT molecular complexity index is 338. The molecule has 2 heterocycles. The lowest BCUT2D eigenvalue weighted by Crippen LogP contribution is -2.27. The van der Waals surface area contributed by atoms with Crippen molar-refractivity contribution in [2.75, 3.05) is 13.1 Å². The van der Waals surface area contributed by atoms with E-state index in [9.17, 15) is 4.79 Å². The van der Waals surface area contributed by atoms with Crippen LogP contribution in [0.15, 0.2) is 15.0 Å². The maximum atomic E-state index is 11.8. The molecular formula is C9H9BrClNO2. The molecule has 2 rings (SSSR count). The Balaban J connectivity index is 2.18. The standard InChI is InChI=1S/C9H9BrClNO2/c10-6-5-7(14-8(6)11)9(13)12-3-1-2-4-12/h5H,1-4H2. The molecule has 1 aliphatic rings. The van der Waals surface area contributed by atoms with Gasteiger partial charge in [-0.05, 0) is 40.4 Å². The molecule has 0 atom stereocenters. The van der Waals surface area contributed by atoms with Gasteiger partial charge in [-0.3, -0.25) is 4.79 Å². The van der Waals surface area contributed by atoms with Gasteiger partial charge >= 0.3 is 0 Å². The molecule has 0 radical (unpaired) electrons. The molecule has 1 aromatic rings. The lowest BCUT2D eigenvalue weighted by atomic mass is 10.4. The second-order valence-corrected chi connectivity index (χ2v) is 4.43. The van der Waals surface area contributed by atoms with Crippen molar-refractivity contribution in [3.63, 3.8) is 0 Å². The first-order valence-electron chi connectivity index (χ1n) is 4.42. The van der Waals surface area contributed by atoms with Gasteiger partial charge in [-0.2, -0.15) is 0 Å². The number of nitrogens with zero attached hydrogens (tertiary/aromatic N) is 1. The van der Waals surface area contributed by atoms with Gasteiger partial charge in [0.25, 0.3) is 5.91 Å². The molecule has 76 valence electrons. The Morgan fingerprint density at radius 3 is 2.64 bits per heavy atom. The minimum atomic E-state index is -0.0740. The highest BCUT2D eigenvalue weighted by Crippen LogP contribution is 2.27. The van der Waals surface area contributed by atoms with E-state index < -0.39 is 0 Å². The zero-order chi connectivity index (χ0) is 10.1. The van der Waals surface area contributed by atoms with E-state index in [2.05, 4.69) is 15.9 Å². The van der Waals surface area contributed by atoms with Crippen LogP contribution in [0.25, 0.3) is 0 Å². The van der Waals surface area contributed by atoms with Crippen molar-refractivity contribution in [3.05, 3.63) is 21.5 Å². The predicted octanol–water partition coefficient (Wildman–Crippen LogP) is 2.93. The molecule has 0 bridgehead atoms. The topological polar surface area (TPSA) is 33.5 Å². The highest BCUT2D eigenvalue weighted by atomic mass is 79.9. The molecule has 0 aromatic carbocycles. The highest BCUT2D eigenvalue weighted by Gasteiger charge is 2.23. The number of carbonyl (C=O) groups is 1. The summed E-state index contributed by atoms with van der Waals surface area (Å²) in [6.07, 6.45) is 2.14. The van der Waals surface area contributed by atoms with Crippen LogP contribution in [0.2, 0.25) is 5.22 Å². The number of hydrogen-bond acceptors (Lipinski definition) is 2. The molecule has 3 nitrogen and oxygen atoms in total. The van der Waals surface area contributed by atoms with Crippen molar-refractivity contribution in [1.82, 2.24) is 4.90 Å². The van der Waals surface area contributed by atoms with E-state index in [1.54, 1.807) is 11.0 Å². The zero-order valence-corrected chi connectivity index (χ0v) is 9.77. The number of furan rings is 1. The van der Waals surface area contributed by atoms with Crippen molar-refractivity contribution in [2.45, 2.75) is 12.8 Å². The van der Waals surface area contributed by atoms with Gasteiger partial charge in [-0.25, -0.2) is 0 Å². The molecule has 0 aliphatic carbocycles. The third-order valence-electron chi connectivity index (χ3n) is 2.25. The van der Waals surface area contributed by atoms with Crippen molar-refractivity contribution in [1.29, 1.82) is 0 Å². The summed E-state index contributed by atoms with van der Waals surface area (Å²) in [4.78, 5) is 13.5. The number of amides is 1. The fraction of sp³-hybridized carbons (Fsp3) is 0.444.